The molecule has 4 rings (SSSR count). The topological polar surface area (TPSA) is 84.4 Å². The summed E-state index contributed by atoms with van der Waals surface area (Å²) in [7, 11) is 0. The van der Waals surface area contributed by atoms with E-state index in [-0.39, 0.29) is 25.0 Å². The Bertz CT molecular complexity index is 1060. The third kappa shape index (κ3) is 4.68. The summed E-state index contributed by atoms with van der Waals surface area (Å²) in [6.07, 6.45) is 7.10. The van der Waals surface area contributed by atoms with Gasteiger partial charge in [-0.3, -0.25) is 19.6 Å². The van der Waals surface area contributed by atoms with Crippen molar-refractivity contribution in [1.29, 1.82) is 0 Å². The number of hydrogen-bond acceptors (Lipinski definition) is 5. The second kappa shape index (κ2) is 9.70. The van der Waals surface area contributed by atoms with Gasteiger partial charge in [0.15, 0.2) is 5.60 Å². The normalized spacial score (nSPS) is 18.2. The zero-order valence-electron chi connectivity index (χ0n) is 18.0. The fraction of sp³-hybridized carbons (Fsp3) is 0.280. The van der Waals surface area contributed by atoms with E-state index < -0.39 is 5.60 Å². The number of nitrogens with one attached hydrogen (secondary N) is 1. The predicted molar refractivity (Wildman–Crippen MR) is 121 cm³/mol. The summed E-state index contributed by atoms with van der Waals surface area (Å²) in [5, 5.41) is 2.89. The first kappa shape index (κ1) is 21.6. The molecule has 164 valence electrons. The monoisotopic (exact) mass is 430 g/mol. The molecule has 32 heavy (non-hydrogen) atoms. The lowest BCUT2D eigenvalue weighted by molar-refractivity contribution is -0.157. The second-order valence-electron chi connectivity index (χ2n) is 7.79. The summed E-state index contributed by atoms with van der Waals surface area (Å²) < 4.78 is 6.08. The number of aromatic nitrogens is 2. The maximum absolute atomic E-state index is 13.1. The molecule has 0 saturated carbocycles. The van der Waals surface area contributed by atoms with Gasteiger partial charge in [0.05, 0.1) is 18.7 Å². The van der Waals surface area contributed by atoms with Crippen LogP contribution in [0.1, 0.15) is 22.8 Å². The molecule has 3 aromatic rings. The summed E-state index contributed by atoms with van der Waals surface area (Å²) in [6, 6.07) is 15.4. The first-order valence-corrected chi connectivity index (χ1v) is 10.7. The highest BCUT2D eigenvalue weighted by Gasteiger charge is 2.45. The minimum Gasteiger partial charge on any atom is -0.361 e. The highest BCUT2D eigenvalue weighted by atomic mass is 16.5. The zero-order valence-corrected chi connectivity index (χ0v) is 18.0. The van der Waals surface area contributed by atoms with Gasteiger partial charge in [-0.1, -0.05) is 30.3 Å². The third-order valence-corrected chi connectivity index (χ3v) is 5.57. The van der Waals surface area contributed by atoms with Crippen molar-refractivity contribution in [3.8, 4) is 11.1 Å². The fourth-order valence-electron chi connectivity index (χ4n) is 3.95. The highest BCUT2D eigenvalue weighted by Crippen LogP contribution is 2.27. The molecule has 0 radical (unpaired) electrons. The quantitative estimate of drug-likeness (QED) is 0.650. The predicted octanol–water partition coefficient (Wildman–Crippen LogP) is 2.73. The van der Waals surface area contributed by atoms with Gasteiger partial charge in [0.2, 0.25) is 0 Å². The number of pyridine rings is 2. The third-order valence-electron chi connectivity index (χ3n) is 5.57. The Morgan fingerprint density at radius 1 is 1.03 bits per heavy atom. The number of carbonyl (C=O) groups is 2. The van der Waals surface area contributed by atoms with Crippen LogP contribution in [0.4, 0.5) is 0 Å². The Morgan fingerprint density at radius 2 is 1.78 bits per heavy atom. The van der Waals surface area contributed by atoms with Crippen LogP contribution in [0.5, 0.6) is 0 Å². The standard InChI is InChI=1S/C25H26N4O3/c1-2-28-24(31)25(15-19-7-9-20(10-8-19)21-5-3-11-26-16-21)18-29(13-14-32-25)23(30)22-6-4-12-27-17-22/h3-12,16-17H,2,13-15,18H2,1H3,(H,28,31). The molecule has 1 aliphatic heterocycles. The van der Waals surface area contributed by atoms with E-state index in [4.69, 9.17) is 4.74 Å². The van der Waals surface area contributed by atoms with Gasteiger partial charge in [0, 0.05) is 44.3 Å². The van der Waals surface area contributed by atoms with Gasteiger partial charge in [-0.2, -0.15) is 0 Å². The summed E-state index contributed by atoms with van der Waals surface area (Å²) in [4.78, 5) is 36.0. The van der Waals surface area contributed by atoms with Crippen molar-refractivity contribution in [2.24, 2.45) is 0 Å². The van der Waals surface area contributed by atoms with Crippen molar-refractivity contribution in [2.45, 2.75) is 18.9 Å². The van der Waals surface area contributed by atoms with Gasteiger partial charge in [-0.05, 0) is 41.8 Å². The lowest BCUT2D eigenvalue weighted by Crippen LogP contribution is -2.62. The molecule has 1 fully saturated rings. The zero-order chi connectivity index (χ0) is 22.4. The second-order valence-corrected chi connectivity index (χ2v) is 7.79. The van der Waals surface area contributed by atoms with E-state index in [1.54, 1.807) is 35.6 Å². The number of rotatable bonds is 6. The van der Waals surface area contributed by atoms with Crippen LogP contribution in [0.3, 0.4) is 0 Å². The van der Waals surface area contributed by atoms with E-state index in [0.29, 0.717) is 25.1 Å². The Hall–Kier alpha value is -3.58. The molecule has 7 heteroatoms. The van der Waals surface area contributed by atoms with Crippen LogP contribution in [0.15, 0.2) is 73.3 Å². The number of nitrogens with zero attached hydrogens (tertiary/aromatic N) is 3. The Balaban J connectivity index is 1.57. The van der Waals surface area contributed by atoms with Crippen molar-refractivity contribution in [1.82, 2.24) is 20.2 Å². The minimum atomic E-state index is -1.15. The molecule has 1 atom stereocenters. The van der Waals surface area contributed by atoms with Gasteiger partial charge in [-0.15, -0.1) is 0 Å². The molecular weight excluding hydrogens is 404 g/mol. The molecule has 2 aromatic heterocycles. The number of carbonyl (C=O) groups excluding carboxylic acids is 2. The van der Waals surface area contributed by atoms with Crippen LogP contribution in [-0.4, -0.2) is 58.5 Å². The van der Waals surface area contributed by atoms with Crippen LogP contribution < -0.4 is 5.32 Å². The SMILES string of the molecule is CCNC(=O)C1(Cc2ccc(-c3cccnc3)cc2)CN(C(=O)c2cccnc2)CCO1. The van der Waals surface area contributed by atoms with Crippen molar-refractivity contribution < 1.29 is 14.3 Å². The number of ether oxygens (including phenoxy) is 1. The first-order valence-electron chi connectivity index (χ1n) is 10.7. The Morgan fingerprint density at radius 3 is 2.44 bits per heavy atom. The molecule has 0 bridgehead atoms. The molecule has 7 nitrogen and oxygen atoms in total. The lowest BCUT2D eigenvalue weighted by atomic mass is 9.90. The van der Waals surface area contributed by atoms with Crippen molar-refractivity contribution in [2.75, 3.05) is 26.2 Å². The number of morpholine rings is 1. The molecule has 3 heterocycles. The van der Waals surface area contributed by atoms with E-state index >= 15 is 0 Å². The summed E-state index contributed by atoms with van der Waals surface area (Å²) in [5.41, 5.74) is 2.38. The van der Waals surface area contributed by atoms with E-state index in [0.717, 1.165) is 16.7 Å². The van der Waals surface area contributed by atoms with Crippen LogP contribution in [0.2, 0.25) is 0 Å². The van der Waals surface area contributed by atoms with E-state index in [1.165, 1.54) is 0 Å². The summed E-state index contributed by atoms with van der Waals surface area (Å²) >= 11 is 0. The fourth-order valence-corrected chi connectivity index (χ4v) is 3.95. The van der Waals surface area contributed by atoms with Gasteiger partial charge in [0.25, 0.3) is 11.8 Å². The van der Waals surface area contributed by atoms with Crippen LogP contribution in [0, 0.1) is 0 Å². The van der Waals surface area contributed by atoms with Gasteiger partial charge >= 0.3 is 0 Å². The van der Waals surface area contributed by atoms with Gasteiger partial charge in [0.1, 0.15) is 0 Å². The lowest BCUT2D eigenvalue weighted by Gasteiger charge is -2.41. The molecule has 1 saturated heterocycles. The average Bonchev–Trinajstić information content (AvgIpc) is 2.85. The maximum atomic E-state index is 13.1. The van der Waals surface area contributed by atoms with Crippen molar-refractivity contribution in [3.05, 3.63) is 84.4 Å². The van der Waals surface area contributed by atoms with Gasteiger partial charge < -0.3 is 15.0 Å². The molecule has 0 spiro atoms. The number of amides is 2. The van der Waals surface area contributed by atoms with Crippen molar-refractivity contribution >= 4 is 11.8 Å². The summed E-state index contributed by atoms with van der Waals surface area (Å²) in [6.45, 7) is 3.25. The van der Waals surface area contributed by atoms with E-state index in [1.807, 2.05) is 49.5 Å². The van der Waals surface area contributed by atoms with E-state index in [2.05, 4.69) is 15.3 Å². The summed E-state index contributed by atoms with van der Waals surface area (Å²) in [5.74, 6) is -0.359. The van der Waals surface area contributed by atoms with Crippen LogP contribution >= 0.6 is 0 Å². The number of hydrogen-bond donors (Lipinski definition) is 1. The number of likely N-dealkylation sites (N-methyl/N-ethyl adjacent to an activating group) is 1. The largest absolute Gasteiger partial charge is 0.361 e. The van der Waals surface area contributed by atoms with Crippen LogP contribution in [0.25, 0.3) is 11.1 Å². The number of benzene rings is 1. The van der Waals surface area contributed by atoms with Crippen molar-refractivity contribution in [3.63, 3.8) is 0 Å². The molecule has 2 amide bonds. The molecule has 1 unspecified atom stereocenters. The average molecular weight is 431 g/mol. The molecule has 1 aromatic carbocycles. The minimum absolute atomic E-state index is 0.151. The maximum Gasteiger partial charge on any atom is 0.255 e. The Labute approximate surface area is 187 Å². The van der Waals surface area contributed by atoms with Gasteiger partial charge in [-0.25, -0.2) is 0 Å². The molecular formula is C25H26N4O3. The first-order chi connectivity index (χ1) is 15.6. The van der Waals surface area contributed by atoms with Crippen LogP contribution in [-0.2, 0) is 16.0 Å². The smallest absolute Gasteiger partial charge is 0.255 e. The van der Waals surface area contributed by atoms with E-state index in [9.17, 15) is 9.59 Å². The molecule has 1 N–H and O–H groups in total. The molecule has 0 aliphatic carbocycles. The Kier molecular flexibility index (Phi) is 6.56. The molecule has 1 aliphatic rings. The highest BCUT2D eigenvalue weighted by molar-refractivity contribution is 5.95.